The number of aryl methyl sites for hydroxylation is 3. The monoisotopic (exact) mass is 340 g/mol. The van der Waals surface area contributed by atoms with Crippen molar-refractivity contribution in [3.05, 3.63) is 58.7 Å². The van der Waals surface area contributed by atoms with Crippen LogP contribution in [0.25, 0.3) is 0 Å². The van der Waals surface area contributed by atoms with Crippen LogP contribution in [0.4, 0.5) is 11.4 Å². The van der Waals surface area contributed by atoms with Crippen LogP contribution in [0.5, 0.6) is 0 Å². The van der Waals surface area contributed by atoms with Gasteiger partial charge in [0, 0.05) is 25.5 Å². The first-order valence-corrected chi connectivity index (χ1v) is 8.10. The quantitative estimate of drug-likeness (QED) is 0.847. The molecule has 25 heavy (non-hydrogen) atoms. The van der Waals surface area contributed by atoms with E-state index in [2.05, 4.69) is 5.32 Å². The SMILES string of the molecule is Cc1cc(C)c(NC(=O)COC(=O)c2ccc(N(C)C)cc2)c(C)c1. The van der Waals surface area contributed by atoms with Crippen LogP contribution in [0.1, 0.15) is 27.0 Å². The fourth-order valence-electron chi connectivity index (χ4n) is 2.66. The van der Waals surface area contributed by atoms with Crippen LogP contribution in [-0.2, 0) is 9.53 Å². The minimum absolute atomic E-state index is 0.318. The Morgan fingerprint density at radius 2 is 1.56 bits per heavy atom. The summed E-state index contributed by atoms with van der Waals surface area (Å²) in [5, 5.41) is 2.81. The van der Waals surface area contributed by atoms with Crippen molar-refractivity contribution in [3.8, 4) is 0 Å². The standard InChI is InChI=1S/C20H24N2O3/c1-13-10-14(2)19(15(3)11-13)21-18(23)12-25-20(24)16-6-8-17(9-7-16)22(4)5/h6-11H,12H2,1-5H3,(H,21,23). The average molecular weight is 340 g/mol. The van der Waals surface area contributed by atoms with Gasteiger partial charge in [-0.1, -0.05) is 17.7 Å². The highest BCUT2D eigenvalue weighted by Gasteiger charge is 2.12. The van der Waals surface area contributed by atoms with Crippen LogP contribution >= 0.6 is 0 Å². The van der Waals surface area contributed by atoms with E-state index in [1.165, 1.54) is 0 Å². The van der Waals surface area contributed by atoms with Crippen molar-refractivity contribution in [2.75, 3.05) is 30.9 Å². The van der Waals surface area contributed by atoms with Crippen molar-refractivity contribution in [1.29, 1.82) is 0 Å². The number of rotatable bonds is 5. The number of amides is 1. The van der Waals surface area contributed by atoms with E-state index in [0.717, 1.165) is 28.1 Å². The number of carbonyl (C=O) groups is 2. The molecule has 0 aromatic heterocycles. The Kier molecular flexibility index (Phi) is 5.80. The Hall–Kier alpha value is -2.82. The first-order chi connectivity index (χ1) is 11.8. The van der Waals surface area contributed by atoms with E-state index in [1.54, 1.807) is 12.1 Å². The van der Waals surface area contributed by atoms with E-state index < -0.39 is 5.97 Å². The fourth-order valence-corrected chi connectivity index (χ4v) is 2.66. The lowest BCUT2D eigenvalue weighted by molar-refractivity contribution is -0.119. The van der Waals surface area contributed by atoms with Gasteiger partial charge in [-0.25, -0.2) is 4.79 Å². The van der Waals surface area contributed by atoms with Crippen molar-refractivity contribution in [2.45, 2.75) is 20.8 Å². The molecule has 0 unspecified atom stereocenters. The lowest BCUT2D eigenvalue weighted by Crippen LogP contribution is -2.22. The second kappa shape index (κ2) is 7.83. The van der Waals surface area contributed by atoms with Gasteiger partial charge in [-0.3, -0.25) is 4.79 Å². The summed E-state index contributed by atoms with van der Waals surface area (Å²) < 4.78 is 5.10. The molecule has 1 N–H and O–H groups in total. The maximum Gasteiger partial charge on any atom is 0.338 e. The van der Waals surface area contributed by atoms with Crippen LogP contribution in [0.2, 0.25) is 0 Å². The first kappa shape index (κ1) is 18.5. The third kappa shape index (κ3) is 4.83. The van der Waals surface area contributed by atoms with Crippen molar-refractivity contribution in [2.24, 2.45) is 0 Å². The van der Waals surface area contributed by atoms with Crippen LogP contribution in [0.15, 0.2) is 36.4 Å². The molecule has 0 aliphatic heterocycles. The third-order valence-electron chi connectivity index (χ3n) is 3.90. The van der Waals surface area contributed by atoms with Crippen molar-refractivity contribution < 1.29 is 14.3 Å². The molecule has 132 valence electrons. The average Bonchev–Trinajstić information content (AvgIpc) is 2.56. The number of hydrogen-bond acceptors (Lipinski definition) is 4. The number of nitrogens with zero attached hydrogens (tertiary/aromatic N) is 1. The number of ether oxygens (including phenoxy) is 1. The summed E-state index contributed by atoms with van der Waals surface area (Å²) in [6.45, 7) is 5.57. The Morgan fingerprint density at radius 3 is 2.08 bits per heavy atom. The molecule has 2 aromatic carbocycles. The van der Waals surface area contributed by atoms with E-state index >= 15 is 0 Å². The Morgan fingerprint density at radius 1 is 1.00 bits per heavy atom. The van der Waals surface area contributed by atoms with Gasteiger partial charge in [-0.05, 0) is 56.2 Å². The van der Waals surface area contributed by atoms with Crippen LogP contribution in [-0.4, -0.2) is 32.6 Å². The molecule has 0 fully saturated rings. The van der Waals surface area contributed by atoms with Gasteiger partial charge in [0.1, 0.15) is 0 Å². The van der Waals surface area contributed by atoms with Crippen molar-refractivity contribution in [3.63, 3.8) is 0 Å². The molecule has 1 amide bonds. The highest BCUT2D eigenvalue weighted by Crippen LogP contribution is 2.21. The van der Waals surface area contributed by atoms with Crippen molar-refractivity contribution >= 4 is 23.3 Å². The molecule has 0 radical (unpaired) electrons. The van der Waals surface area contributed by atoms with E-state index in [-0.39, 0.29) is 12.5 Å². The summed E-state index contributed by atoms with van der Waals surface area (Å²) in [6.07, 6.45) is 0. The second-order valence-corrected chi connectivity index (χ2v) is 6.34. The van der Waals surface area contributed by atoms with E-state index in [0.29, 0.717) is 5.56 Å². The van der Waals surface area contributed by atoms with Gasteiger partial charge >= 0.3 is 5.97 Å². The number of esters is 1. The van der Waals surface area contributed by atoms with Crippen molar-refractivity contribution in [1.82, 2.24) is 0 Å². The van der Waals surface area contributed by atoms with Gasteiger partial charge in [0.25, 0.3) is 5.91 Å². The summed E-state index contributed by atoms with van der Waals surface area (Å²) >= 11 is 0. The van der Waals surface area contributed by atoms with Crippen LogP contribution in [0.3, 0.4) is 0 Å². The molecule has 5 nitrogen and oxygen atoms in total. The Labute approximate surface area is 148 Å². The highest BCUT2D eigenvalue weighted by atomic mass is 16.5. The largest absolute Gasteiger partial charge is 0.452 e. The van der Waals surface area contributed by atoms with Gasteiger partial charge < -0.3 is 15.0 Å². The molecule has 2 aromatic rings. The highest BCUT2D eigenvalue weighted by molar-refractivity contribution is 5.96. The fraction of sp³-hybridized carbons (Fsp3) is 0.300. The Bertz CT molecular complexity index is 757. The molecular weight excluding hydrogens is 316 g/mol. The van der Waals surface area contributed by atoms with Gasteiger partial charge in [0.2, 0.25) is 0 Å². The number of carbonyl (C=O) groups excluding carboxylic acids is 2. The van der Waals surface area contributed by atoms with E-state index in [4.69, 9.17) is 4.74 Å². The zero-order valence-electron chi connectivity index (χ0n) is 15.3. The summed E-state index contributed by atoms with van der Waals surface area (Å²) in [5.74, 6) is -0.869. The molecule has 0 aliphatic rings. The predicted octanol–water partition coefficient (Wildman–Crippen LogP) is 3.47. The van der Waals surface area contributed by atoms with Gasteiger partial charge in [0.05, 0.1) is 5.56 Å². The van der Waals surface area contributed by atoms with Gasteiger partial charge in [-0.15, -0.1) is 0 Å². The van der Waals surface area contributed by atoms with E-state index in [1.807, 2.05) is 64.0 Å². The van der Waals surface area contributed by atoms with Gasteiger partial charge in [0.15, 0.2) is 6.61 Å². The van der Waals surface area contributed by atoms with E-state index in [9.17, 15) is 9.59 Å². The number of nitrogens with one attached hydrogen (secondary N) is 1. The molecule has 0 bridgehead atoms. The Balaban J connectivity index is 1.94. The van der Waals surface area contributed by atoms with Crippen LogP contribution in [0, 0.1) is 20.8 Å². The number of hydrogen-bond donors (Lipinski definition) is 1. The maximum atomic E-state index is 12.1. The summed E-state index contributed by atoms with van der Waals surface area (Å²) in [7, 11) is 3.85. The summed E-state index contributed by atoms with van der Waals surface area (Å²) in [5.41, 5.74) is 5.27. The van der Waals surface area contributed by atoms with Crippen LogP contribution < -0.4 is 10.2 Å². The molecule has 2 rings (SSSR count). The normalized spacial score (nSPS) is 10.3. The topological polar surface area (TPSA) is 58.6 Å². The van der Waals surface area contributed by atoms with Gasteiger partial charge in [-0.2, -0.15) is 0 Å². The lowest BCUT2D eigenvalue weighted by atomic mass is 10.1. The second-order valence-electron chi connectivity index (χ2n) is 6.34. The zero-order chi connectivity index (χ0) is 18.6. The predicted molar refractivity (Wildman–Crippen MR) is 100 cm³/mol. The molecule has 0 heterocycles. The minimum atomic E-state index is -0.516. The zero-order valence-corrected chi connectivity index (χ0v) is 15.3. The molecule has 0 spiro atoms. The summed E-state index contributed by atoms with van der Waals surface area (Å²) in [6, 6.07) is 11.0. The lowest BCUT2D eigenvalue weighted by Gasteiger charge is -2.13. The number of benzene rings is 2. The molecule has 0 saturated heterocycles. The number of anilines is 2. The minimum Gasteiger partial charge on any atom is -0.452 e. The molecule has 5 heteroatoms. The molecule has 0 saturated carbocycles. The molecule has 0 aliphatic carbocycles. The maximum absolute atomic E-state index is 12.1. The molecule has 0 atom stereocenters. The smallest absolute Gasteiger partial charge is 0.338 e. The summed E-state index contributed by atoms with van der Waals surface area (Å²) in [4.78, 5) is 26.1. The first-order valence-electron chi connectivity index (χ1n) is 8.10. The molecular formula is C20H24N2O3. The third-order valence-corrected chi connectivity index (χ3v) is 3.90.